The average molecular weight is 174 g/mol. The van der Waals surface area contributed by atoms with Crippen LogP contribution in [0.3, 0.4) is 0 Å². The van der Waals surface area contributed by atoms with Crippen molar-refractivity contribution >= 4 is 5.97 Å². The lowest BCUT2D eigenvalue weighted by molar-refractivity contribution is -0.139. The molecular weight excluding hydrogens is 160 g/mol. The Labute approximate surface area is 71.0 Å². The Morgan fingerprint density at radius 1 is 1.58 bits per heavy atom. The van der Waals surface area contributed by atoms with Crippen molar-refractivity contribution in [1.29, 1.82) is 0 Å². The van der Waals surface area contributed by atoms with E-state index in [-0.39, 0.29) is 12.6 Å². The molecule has 3 N–H and O–H groups in total. The van der Waals surface area contributed by atoms with Gasteiger partial charge in [-0.25, -0.2) is 5.90 Å². The van der Waals surface area contributed by atoms with E-state index in [9.17, 15) is 4.79 Å². The van der Waals surface area contributed by atoms with Crippen molar-refractivity contribution in [2.75, 3.05) is 19.6 Å². The lowest BCUT2D eigenvalue weighted by atomic mass is 10.1. The van der Waals surface area contributed by atoms with Crippen LogP contribution in [0.1, 0.15) is 12.8 Å². The number of likely N-dealkylation sites (tertiary alicyclic amines) is 1. The van der Waals surface area contributed by atoms with Crippen LogP contribution >= 0.6 is 0 Å². The lowest BCUT2D eigenvalue weighted by Gasteiger charge is -2.29. The molecular formula is C7H14N2O3. The SMILES string of the molecule is NOC1CCN(CC(=O)O)CC1. The number of hydrogen-bond donors (Lipinski definition) is 2. The van der Waals surface area contributed by atoms with E-state index in [1.54, 1.807) is 0 Å². The topological polar surface area (TPSA) is 75.8 Å². The van der Waals surface area contributed by atoms with E-state index in [4.69, 9.17) is 11.0 Å². The lowest BCUT2D eigenvalue weighted by Crippen LogP contribution is -2.40. The van der Waals surface area contributed by atoms with E-state index in [2.05, 4.69) is 4.84 Å². The summed E-state index contributed by atoms with van der Waals surface area (Å²) in [5.41, 5.74) is 0. The van der Waals surface area contributed by atoms with Crippen LogP contribution in [0.5, 0.6) is 0 Å². The molecule has 1 heterocycles. The van der Waals surface area contributed by atoms with Gasteiger partial charge in [-0.15, -0.1) is 0 Å². The fourth-order valence-electron chi connectivity index (χ4n) is 1.39. The third-order valence-electron chi connectivity index (χ3n) is 2.09. The van der Waals surface area contributed by atoms with Gasteiger partial charge in [0, 0.05) is 13.1 Å². The zero-order valence-electron chi connectivity index (χ0n) is 6.90. The first-order valence-corrected chi connectivity index (χ1v) is 4.02. The molecule has 70 valence electrons. The van der Waals surface area contributed by atoms with E-state index in [0.29, 0.717) is 0 Å². The maximum atomic E-state index is 10.3. The maximum absolute atomic E-state index is 10.3. The van der Waals surface area contributed by atoms with Crippen molar-refractivity contribution in [3.8, 4) is 0 Å². The Kier molecular flexibility index (Phi) is 3.46. The smallest absolute Gasteiger partial charge is 0.317 e. The molecule has 0 amide bonds. The highest BCUT2D eigenvalue weighted by Crippen LogP contribution is 2.11. The van der Waals surface area contributed by atoms with Gasteiger partial charge in [0.05, 0.1) is 12.6 Å². The Balaban J connectivity index is 2.21. The van der Waals surface area contributed by atoms with E-state index >= 15 is 0 Å². The minimum Gasteiger partial charge on any atom is -0.480 e. The number of nitrogens with zero attached hydrogens (tertiary/aromatic N) is 1. The number of rotatable bonds is 3. The molecule has 1 rings (SSSR count). The first-order chi connectivity index (χ1) is 5.72. The summed E-state index contributed by atoms with van der Waals surface area (Å²) >= 11 is 0. The summed E-state index contributed by atoms with van der Waals surface area (Å²) < 4.78 is 0. The van der Waals surface area contributed by atoms with Crippen LogP contribution in [0.4, 0.5) is 0 Å². The van der Waals surface area contributed by atoms with Gasteiger partial charge < -0.3 is 9.94 Å². The van der Waals surface area contributed by atoms with E-state index in [1.807, 2.05) is 4.90 Å². The summed E-state index contributed by atoms with van der Waals surface area (Å²) in [5, 5.41) is 8.49. The van der Waals surface area contributed by atoms with Crippen molar-refractivity contribution in [1.82, 2.24) is 4.90 Å². The first-order valence-electron chi connectivity index (χ1n) is 4.02. The van der Waals surface area contributed by atoms with E-state index < -0.39 is 5.97 Å². The zero-order chi connectivity index (χ0) is 8.97. The molecule has 0 unspecified atom stereocenters. The molecule has 0 bridgehead atoms. The zero-order valence-corrected chi connectivity index (χ0v) is 6.90. The molecule has 0 radical (unpaired) electrons. The highest BCUT2D eigenvalue weighted by atomic mass is 16.6. The maximum Gasteiger partial charge on any atom is 0.317 e. The van der Waals surface area contributed by atoms with Crippen LogP contribution in [0.2, 0.25) is 0 Å². The van der Waals surface area contributed by atoms with Crippen molar-refractivity contribution in [2.24, 2.45) is 5.90 Å². The molecule has 1 aliphatic heterocycles. The summed E-state index contributed by atoms with van der Waals surface area (Å²) in [6.07, 6.45) is 1.75. The van der Waals surface area contributed by atoms with Gasteiger partial charge in [-0.3, -0.25) is 9.69 Å². The molecule has 1 aliphatic rings. The highest BCUT2D eigenvalue weighted by Gasteiger charge is 2.20. The minimum absolute atomic E-state index is 0.107. The summed E-state index contributed by atoms with van der Waals surface area (Å²) in [6.45, 7) is 1.64. The fraction of sp³-hybridized carbons (Fsp3) is 0.857. The molecule has 5 heteroatoms. The molecule has 0 atom stereocenters. The summed E-state index contributed by atoms with van der Waals surface area (Å²) in [6, 6.07) is 0. The third-order valence-corrected chi connectivity index (χ3v) is 2.09. The van der Waals surface area contributed by atoms with Gasteiger partial charge >= 0.3 is 5.97 Å². The molecule has 1 saturated heterocycles. The Bertz CT molecular complexity index is 155. The monoisotopic (exact) mass is 174 g/mol. The van der Waals surface area contributed by atoms with Crippen molar-refractivity contribution < 1.29 is 14.7 Å². The molecule has 12 heavy (non-hydrogen) atoms. The van der Waals surface area contributed by atoms with Crippen LogP contribution < -0.4 is 5.90 Å². The standard InChI is InChI=1S/C7H14N2O3/c8-12-6-1-3-9(4-2-6)5-7(10)11/h6H,1-5,8H2,(H,10,11). The summed E-state index contributed by atoms with van der Waals surface area (Å²) in [4.78, 5) is 16.9. The van der Waals surface area contributed by atoms with Crippen molar-refractivity contribution in [3.05, 3.63) is 0 Å². The molecule has 1 fully saturated rings. The number of carboxylic acid groups (broad SMARTS) is 1. The number of aliphatic carboxylic acids is 1. The van der Waals surface area contributed by atoms with Crippen molar-refractivity contribution in [2.45, 2.75) is 18.9 Å². The third kappa shape index (κ3) is 2.77. The first kappa shape index (κ1) is 9.44. The molecule has 0 aromatic rings. The molecule has 0 aromatic heterocycles. The quantitative estimate of drug-likeness (QED) is 0.560. The van der Waals surface area contributed by atoms with Crippen LogP contribution in [-0.4, -0.2) is 41.7 Å². The van der Waals surface area contributed by atoms with Gasteiger partial charge in [0.2, 0.25) is 0 Å². The molecule has 0 spiro atoms. The fourth-order valence-corrected chi connectivity index (χ4v) is 1.39. The number of hydrogen-bond acceptors (Lipinski definition) is 4. The van der Waals surface area contributed by atoms with E-state index in [0.717, 1.165) is 25.9 Å². The largest absolute Gasteiger partial charge is 0.480 e. The number of carboxylic acids is 1. The van der Waals surface area contributed by atoms with Crippen LogP contribution in [0.25, 0.3) is 0 Å². The second-order valence-corrected chi connectivity index (χ2v) is 3.01. The van der Waals surface area contributed by atoms with Crippen LogP contribution in [-0.2, 0) is 9.63 Å². The average Bonchev–Trinajstić information content (AvgIpc) is 2.05. The molecule has 5 nitrogen and oxygen atoms in total. The van der Waals surface area contributed by atoms with Gasteiger partial charge in [0.25, 0.3) is 0 Å². The second-order valence-electron chi connectivity index (χ2n) is 3.01. The molecule has 0 aliphatic carbocycles. The predicted molar refractivity (Wildman–Crippen MR) is 42.4 cm³/mol. The summed E-state index contributed by atoms with van der Waals surface area (Å²) in [5.74, 6) is 4.24. The van der Waals surface area contributed by atoms with Crippen LogP contribution in [0, 0.1) is 0 Å². The predicted octanol–water partition coefficient (Wildman–Crippen LogP) is -0.574. The van der Waals surface area contributed by atoms with Gasteiger partial charge in [-0.2, -0.15) is 0 Å². The van der Waals surface area contributed by atoms with Gasteiger partial charge in [-0.1, -0.05) is 0 Å². The van der Waals surface area contributed by atoms with Crippen molar-refractivity contribution in [3.63, 3.8) is 0 Å². The highest BCUT2D eigenvalue weighted by molar-refractivity contribution is 5.69. The molecule has 0 saturated carbocycles. The summed E-state index contributed by atoms with van der Waals surface area (Å²) in [7, 11) is 0. The Morgan fingerprint density at radius 2 is 2.17 bits per heavy atom. The Morgan fingerprint density at radius 3 is 2.58 bits per heavy atom. The second kappa shape index (κ2) is 4.39. The van der Waals surface area contributed by atoms with Crippen LogP contribution in [0.15, 0.2) is 0 Å². The van der Waals surface area contributed by atoms with Gasteiger partial charge in [0.1, 0.15) is 0 Å². The van der Waals surface area contributed by atoms with E-state index in [1.165, 1.54) is 0 Å². The number of carbonyl (C=O) groups is 1. The molecule has 0 aromatic carbocycles. The van der Waals surface area contributed by atoms with Gasteiger partial charge in [-0.05, 0) is 12.8 Å². The number of piperidine rings is 1. The Hall–Kier alpha value is -0.650. The number of nitrogens with two attached hydrogens (primary N) is 1. The minimum atomic E-state index is -0.776. The normalized spacial score (nSPS) is 21.1. The van der Waals surface area contributed by atoms with Gasteiger partial charge in [0.15, 0.2) is 0 Å².